The van der Waals surface area contributed by atoms with Crippen molar-refractivity contribution in [2.24, 2.45) is 5.73 Å². The highest BCUT2D eigenvalue weighted by Crippen LogP contribution is 2.19. The van der Waals surface area contributed by atoms with Gasteiger partial charge in [-0.1, -0.05) is 31.0 Å². The molecular weight excluding hydrogens is 230 g/mol. The molecule has 0 aliphatic heterocycles. The second-order valence-corrected chi connectivity index (χ2v) is 4.18. The Bertz CT molecular complexity index is 391. The molecule has 0 saturated heterocycles. The molecule has 0 amide bonds. The molecule has 0 aliphatic rings. The Morgan fingerprint density at radius 2 is 2.17 bits per heavy atom. The van der Waals surface area contributed by atoms with E-state index >= 15 is 0 Å². The zero-order valence-corrected chi connectivity index (χ0v) is 11.1. The average molecular weight is 251 g/mol. The standard InChI is InChI=1S/C14H21NO3/c1-3-4-7-17-14(16)10-18-13-6-5-11(2)8-12(13)9-15/h5-6,8H,3-4,7,9-10,15H2,1-2H3. The molecule has 0 atom stereocenters. The van der Waals surface area contributed by atoms with Crippen LogP contribution in [0.5, 0.6) is 5.75 Å². The predicted octanol–water partition coefficient (Wildman–Crippen LogP) is 2.18. The van der Waals surface area contributed by atoms with Crippen LogP contribution >= 0.6 is 0 Å². The molecule has 0 unspecified atom stereocenters. The number of hydrogen-bond donors (Lipinski definition) is 1. The van der Waals surface area contributed by atoms with Gasteiger partial charge in [0.15, 0.2) is 6.61 Å². The highest BCUT2D eigenvalue weighted by atomic mass is 16.6. The van der Waals surface area contributed by atoms with Crippen LogP contribution in [0.4, 0.5) is 0 Å². The minimum atomic E-state index is -0.341. The number of ether oxygens (including phenoxy) is 2. The summed E-state index contributed by atoms with van der Waals surface area (Å²) in [6.07, 6.45) is 1.88. The maximum Gasteiger partial charge on any atom is 0.344 e. The summed E-state index contributed by atoms with van der Waals surface area (Å²) in [7, 11) is 0. The molecule has 0 fully saturated rings. The molecule has 4 nitrogen and oxygen atoms in total. The molecular formula is C14H21NO3. The van der Waals surface area contributed by atoms with E-state index in [4.69, 9.17) is 15.2 Å². The Morgan fingerprint density at radius 3 is 2.83 bits per heavy atom. The lowest BCUT2D eigenvalue weighted by Gasteiger charge is -2.10. The van der Waals surface area contributed by atoms with E-state index in [1.807, 2.05) is 32.0 Å². The third-order valence-corrected chi connectivity index (χ3v) is 2.54. The van der Waals surface area contributed by atoms with E-state index in [1.165, 1.54) is 0 Å². The molecule has 0 saturated carbocycles. The van der Waals surface area contributed by atoms with Crippen molar-refractivity contribution in [1.29, 1.82) is 0 Å². The van der Waals surface area contributed by atoms with Gasteiger partial charge in [0, 0.05) is 12.1 Å². The summed E-state index contributed by atoms with van der Waals surface area (Å²) >= 11 is 0. The maximum atomic E-state index is 11.4. The Hall–Kier alpha value is -1.55. The molecule has 2 N–H and O–H groups in total. The van der Waals surface area contributed by atoms with Crippen molar-refractivity contribution < 1.29 is 14.3 Å². The van der Waals surface area contributed by atoms with Crippen molar-refractivity contribution in [2.45, 2.75) is 33.2 Å². The molecule has 0 bridgehead atoms. The number of aryl methyl sites for hydroxylation is 1. The topological polar surface area (TPSA) is 61.5 Å². The van der Waals surface area contributed by atoms with E-state index in [1.54, 1.807) is 0 Å². The molecule has 1 aromatic carbocycles. The van der Waals surface area contributed by atoms with Gasteiger partial charge in [0.2, 0.25) is 0 Å². The van der Waals surface area contributed by atoms with Crippen molar-refractivity contribution >= 4 is 5.97 Å². The van der Waals surface area contributed by atoms with Crippen LogP contribution in [-0.4, -0.2) is 19.2 Å². The van der Waals surface area contributed by atoms with Gasteiger partial charge in [-0.05, 0) is 19.4 Å². The molecule has 1 rings (SSSR count). The third kappa shape index (κ3) is 4.75. The summed E-state index contributed by atoms with van der Waals surface area (Å²) in [6, 6.07) is 5.71. The van der Waals surface area contributed by atoms with Crippen LogP contribution in [0, 0.1) is 6.92 Å². The van der Waals surface area contributed by atoms with Crippen molar-refractivity contribution in [3.05, 3.63) is 29.3 Å². The Labute approximate surface area is 108 Å². The van der Waals surface area contributed by atoms with Gasteiger partial charge in [-0.15, -0.1) is 0 Å². The smallest absolute Gasteiger partial charge is 0.344 e. The fourth-order valence-electron chi connectivity index (χ4n) is 1.52. The lowest BCUT2D eigenvalue weighted by atomic mass is 10.1. The van der Waals surface area contributed by atoms with Gasteiger partial charge < -0.3 is 15.2 Å². The lowest BCUT2D eigenvalue weighted by Crippen LogP contribution is -2.16. The number of esters is 1. The Kier molecular flexibility index (Phi) is 6.22. The van der Waals surface area contributed by atoms with Crippen LogP contribution in [0.3, 0.4) is 0 Å². The van der Waals surface area contributed by atoms with Gasteiger partial charge in [0.1, 0.15) is 5.75 Å². The van der Waals surface area contributed by atoms with Crippen LogP contribution in [0.2, 0.25) is 0 Å². The summed E-state index contributed by atoms with van der Waals surface area (Å²) in [4.78, 5) is 11.4. The van der Waals surface area contributed by atoms with Crippen molar-refractivity contribution in [1.82, 2.24) is 0 Å². The molecule has 0 radical (unpaired) electrons. The van der Waals surface area contributed by atoms with Gasteiger partial charge in [0.05, 0.1) is 6.61 Å². The number of benzene rings is 1. The van der Waals surface area contributed by atoms with Gasteiger partial charge in [0.25, 0.3) is 0 Å². The fourth-order valence-corrected chi connectivity index (χ4v) is 1.52. The van der Waals surface area contributed by atoms with E-state index < -0.39 is 0 Å². The van der Waals surface area contributed by atoms with Crippen LogP contribution < -0.4 is 10.5 Å². The second-order valence-electron chi connectivity index (χ2n) is 4.18. The van der Waals surface area contributed by atoms with Crippen LogP contribution in [0.15, 0.2) is 18.2 Å². The molecule has 1 aromatic rings. The summed E-state index contributed by atoms with van der Waals surface area (Å²) in [5.41, 5.74) is 7.65. The number of hydrogen-bond acceptors (Lipinski definition) is 4. The lowest BCUT2D eigenvalue weighted by molar-refractivity contribution is -0.146. The molecule has 18 heavy (non-hydrogen) atoms. The normalized spacial score (nSPS) is 10.2. The third-order valence-electron chi connectivity index (χ3n) is 2.54. The van der Waals surface area contributed by atoms with Gasteiger partial charge in [-0.2, -0.15) is 0 Å². The Morgan fingerprint density at radius 1 is 1.39 bits per heavy atom. The van der Waals surface area contributed by atoms with E-state index in [-0.39, 0.29) is 12.6 Å². The molecule has 4 heteroatoms. The predicted molar refractivity (Wildman–Crippen MR) is 70.4 cm³/mol. The van der Waals surface area contributed by atoms with Crippen molar-refractivity contribution in [3.63, 3.8) is 0 Å². The van der Waals surface area contributed by atoms with Gasteiger partial charge >= 0.3 is 5.97 Å². The number of nitrogens with two attached hydrogens (primary N) is 1. The average Bonchev–Trinajstić information content (AvgIpc) is 2.37. The van der Waals surface area contributed by atoms with Gasteiger partial charge in [-0.3, -0.25) is 0 Å². The zero-order chi connectivity index (χ0) is 13.4. The fraction of sp³-hybridized carbons (Fsp3) is 0.500. The molecule has 0 aliphatic carbocycles. The SMILES string of the molecule is CCCCOC(=O)COc1ccc(C)cc1CN. The van der Waals surface area contributed by atoms with Crippen molar-refractivity contribution in [2.75, 3.05) is 13.2 Å². The summed E-state index contributed by atoms with van der Waals surface area (Å²) in [6.45, 7) is 4.81. The summed E-state index contributed by atoms with van der Waals surface area (Å²) < 4.78 is 10.4. The Balaban J connectivity index is 2.45. The van der Waals surface area contributed by atoms with Crippen LogP contribution in [0.25, 0.3) is 0 Å². The monoisotopic (exact) mass is 251 g/mol. The van der Waals surface area contributed by atoms with Crippen LogP contribution in [0.1, 0.15) is 30.9 Å². The summed E-state index contributed by atoms with van der Waals surface area (Å²) in [5, 5.41) is 0. The van der Waals surface area contributed by atoms with Crippen molar-refractivity contribution in [3.8, 4) is 5.75 Å². The van der Waals surface area contributed by atoms with Crippen LogP contribution in [-0.2, 0) is 16.1 Å². The number of carbonyl (C=O) groups is 1. The van der Waals surface area contributed by atoms with E-state index in [0.717, 1.165) is 24.0 Å². The van der Waals surface area contributed by atoms with E-state index in [9.17, 15) is 4.79 Å². The first-order chi connectivity index (χ1) is 8.67. The molecule has 100 valence electrons. The largest absolute Gasteiger partial charge is 0.482 e. The number of carbonyl (C=O) groups excluding carboxylic acids is 1. The van der Waals surface area contributed by atoms with E-state index in [2.05, 4.69) is 0 Å². The summed E-state index contributed by atoms with van der Waals surface area (Å²) in [5.74, 6) is 0.308. The molecule has 0 spiro atoms. The first-order valence-electron chi connectivity index (χ1n) is 6.25. The quantitative estimate of drug-likeness (QED) is 0.596. The van der Waals surface area contributed by atoms with Gasteiger partial charge in [-0.25, -0.2) is 4.79 Å². The maximum absolute atomic E-state index is 11.4. The highest BCUT2D eigenvalue weighted by molar-refractivity contribution is 5.71. The minimum Gasteiger partial charge on any atom is -0.482 e. The number of rotatable bonds is 7. The zero-order valence-electron chi connectivity index (χ0n) is 11.1. The number of unbranched alkanes of at least 4 members (excludes halogenated alkanes) is 1. The molecule has 0 heterocycles. The molecule has 0 aromatic heterocycles. The highest BCUT2D eigenvalue weighted by Gasteiger charge is 2.07. The first-order valence-corrected chi connectivity index (χ1v) is 6.25. The minimum absolute atomic E-state index is 0.0697. The van der Waals surface area contributed by atoms with E-state index in [0.29, 0.717) is 18.9 Å². The second kappa shape index (κ2) is 7.71. The first kappa shape index (κ1) is 14.5.